The molecule has 3 heteroatoms. The lowest BCUT2D eigenvalue weighted by molar-refractivity contribution is -0.167. The number of carbonyl (C=O) groups excluding carboxylic acids is 1. The van der Waals surface area contributed by atoms with E-state index in [2.05, 4.69) is 0 Å². The van der Waals surface area contributed by atoms with Crippen LogP contribution in [0.25, 0.3) is 0 Å². The Morgan fingerprint density at radius 2 is 2.18 bits per heavy atom. The van der Waals surface area contributed by atoms with Gasteiger partial charge in [-0.05, 0) is 12.5 Å². The number of rotatable bonds is 4. The lowest BCUT2D eigenvalue weighted by Gasteiger charge is -2.35. The summed E-state index contributed by atoms with van der Waals surface area (Å²) in [5, 5.41) is 0. The molecule has 1 aliphatic heterocycles. The highest BCUT2D eigenvalue weighted by Crippen LogP contribution is 2.34. The molecule has 0 aromatic heterocycles. The fourth-order valence-corrected chi connectivity index (χ4v) is 1.81. The maximum Gasteiger partial charge on any atom is 0.330 e. The third-order valence-corrected chi connectivity index (χ3v) is 2.72. The Kier molecular flexibility index (Phi) is 3.94. The number of esters is 1. The van der Waals surface area contributed by atoms with E-state index in [1.54, 1.807) is 13.0 Å². The molecule has 90 valence electrons. The second-order valence-corrected chi connectivity index (χ2v) is 4.02. The molecule has 0 radical (unpaired) electrons. The Bertz CT molecular complexity index is 391. The molecule has 0 spiro atoms. The topological polar surface area (TPSA) is 35.5 Å². The summed E-state index contributed by atoms with van der Waals surface area (Å²) in [4.78, 5) is 11.1. The van der Waals surface area contributed by atoms with E-state index in [-0.39, 0.29) is 18.2 Å². The first kappa shape index (κ1) is 11.9. The highest BCUT2D eigenvalue weighted by atomic mass is 16.6. The SMILES string of the molecule is CC=CC(=O)OCC1CC(c2ccccc2)O1. The van der Waals surface area contributed by atoms with Crippen LogP contribution in [0.5, 0.6) is 0 Å². The van der Waals surface area contributed by atoms with Gasteiger partial charge in [0.25, 0.3) is 0 Å². The Morgan fingerprint density at radius 1 is 1.47 bits per heavy atom. The summed E-state index contributed by atoms with van der Waals surface area (Å²) in [6, 6.07) is 10.1. The minimum Gasteiger partial charge on any atom is -0.460 e. The van der Waals surface area contributed by atoms with Crippen molar-refractivity contribution < 1.29 is 14.3 Å². The average molecular weight is 232 g/mol. The molecule has 0 saturated carbocycles. The second kappa shape index (κ2) is 5.64. The van der Waals surface area contributed by atoms with E-state index in [0.717, 1.165) is 6.42 Å². The lowest BCUT2D eigenvalue weighted by atomic mass is 9.98. The Labute approximate surface area is 101 Å². The summed E-state index contributed by atoms with van der Waals surface area (Å²) in [6.07, 6.45) is 4.17. The van der Waals surface area contributed by atoms with E-state index in [9.17, 15) is 4.79 Å². The highest BCUT2D eigenvalue weighted by molar-refractivity contribution is 5.81. The number of benzene rings is 1. The maximum absolute atomic E-state index is 11.1. The van der Waals surface area contributed by atoms with Crippen LogP contribution in [0.1, 0.15) is 25.0 Å². The van der Waals surface area contributed by atoms with Gasteiger partial charge in [-0.3, -0.25) is 0 Å². The lowest BCUT2D eigenvalue weighted by Crippen LogP contribution is -2.35. The van der Waals surface area contributed by atoms with Gasteiger partial charge >= 0.3 is 5.97 Å². The van der Waals surface area contributed by atoms with Gasteiger partial charge in [0.2, 0.25) is 0 Å². The van der Waals surface area contributed by atoms with E-state index >= 15 is 0 Å². The molecule has 2 unspecified atom stereocenters. The van der Waals surface area contributed by atoms with Crippen molar-refractivity contribution in [3.8, 4) is 0 Å². The van der Waals surface area contributed by atoms with Crippen molar-refractivity contribution >= 4 is 5.97 Å². The number of hydrogen-bond acceptors (Lipinski definition) is 3. The molecule has 0 aliphatic carbocycles. The van der Waals surface area contributed by atoms with Gasteiger partial charge in [-0.2, -0.15) is 0 Å². The fraction of sp³-hybridized carbons (Fsp3) is 0.357. The van der Waals surface area contributed by atoms with Crippen LogP contribution in [0, 0.1) is 0 Å². The van der Waals surface area contributed by atoms with Gasteiger partial charge in [-0.1, -0.05) is 36.4 Å². The monoisotopic (exact) mass is 232 g/mol. The van der Waals surface area contributed by atoms with E-state index in [0.29, 0.717) is 6.61 Å². The molecule has 1 heterocycles. The van der Waals surface area contributed by atoms with Crippen LogP contribution in [0.4, 0.5) is 0 Å². The van der Waals surface area contributed by atoms with Crippen LogP contribution in [0.3, 0.4) is 0 Å². The first-order chi connectivity index (χ1) is 8.29. The summed E-state index contributed by atoms with van der Waals surface area (Å²) in [6.45, 7) is 2.12. The van der Waals surface area contributed by atoms with Gasteiger partial charge in [-0.15, -0.1) is 0 Å². The second-order valence-electron chi connectivity index (χ2n) is 4.02. The minimum atomic E-state index is -0.306. The van der Waals surface area contributed by atoms with Crippen LogP contribution in [-0.2, 0) is 14.3 Å². The largest absolute Gasteiger partial charge is 0.460 e. The number of ether oxygens (including phenoxy) is 2. The van der Waals surface area contributed by atoms with Gasteiger partial charge in [-0.25, -0.2) is 4.79 Å². The molecular formula is C14H16O3. The Balaban J connectivity index is 1.71. The number of hydrogen-bond donors (Lipinski definition) is 0. The first-order valence-corrected chi connectivity index (χ1v) is 5.79. The van der Waals surface area contributed by atoms with Crippen molar-refractivity contribution in [1.82, 2.24) is 0 Å². The van der Waals surface area contributed by atoms with E-state index < -0.39 is 0 Å². The number of carbonyl (C=O) groups is 1. The molecular weight excluding hydrogens is 216 g/mol. The van der Waals surface area contributed by atoms with Gasteiger partial charge in [0.1, 0.15) is 6.61 Å². The summed E-state index contributed by atoms with van der Waals surface area (Å²) in [7, 11) is 0. The average Bonchev–Trinajstić information content (AvgIpc) is 2.28. The predicted octanol–water partition coefficient (Wildman–Crippen LogP) is 2.64. The smallest absolute Gasteiger partial charge is 0.330 e. The molecule has 17 heavy (non-hydrogen) atoms. The molecule has 0 amide bonds. The van der Waals surface area contributed by atoms with Crippen molar-refractivity contribution in [2.45, 2.75) is 25.6 Å². The minimum absolute atomic E-state index is 0.0365. The van der Waals surface area contributed by atoms with Crippen molar-refractivity contribution in [1.29, 1.82) is 0 Å². The maximum atomic E-state index is 11.1. The van der Waals surface area contributed by atoms with Crippen molar-refractivity contribution in [2.24, 2.45) is 0 Å². The molecule has 1 aliphatic rings. The van der Waals surface area contributed by atoms with Crippen molar-refractivity contribution in [3.63, 3.8) is 0 Å². The molecule has 2 atom stereocenters. The molecule has 0 bridgehead atoms. The zero-order valence-corrected chi connectivity index (χ0v) is 9.84. The van der Waals surface area contributed by atoms with Crippen LogP contribution in [0.15, 0.2) is 42.5 Å². The summed E-state index contributed by atoms with van der Waals surface area (Å²) in [5.41, 5.74) is 1.18. The molecule has 1 aromatic carbocycles. The number of allylic oxidation sites excluding steroid dienone is 1. The zero-order valence-electron chi connectivity index (χ0n) is 9.84. The van der Waals surface area contributed by atoms with E-state index in [4.69, 9.17) is 9.47 Å². The van der Waals surface area contributed by atoms with Gasteiger partial charge in [0.15, 0.2) is 0 Å². The van der Waals surface area contributed by atoms with Gasteiger partial charge < -0.3 is 9.47 Å². The third-order valence-electron chi connectivity index (χ3n) is 2.72. The molecule has 1 saturated heterocycles. The van der Waals surface area contributed by atoms with Gasteiger partial charge in [0.05, 0.1) is 12.2 Å². The summed E-state index contributed by atoms with van der Waals surface area (Å²) >= 11 is 0. The molecule has 1 fully saturated rings. The van der Waals surface area contributed by atoms with Crippen LogP contribution >= 0.6 is 0 Å². The first-order valence-electron chi connectivity index (χ1n) is 5.79. The van der Waals surface area contributed by atoms with Crippen LogP contribution < -0.4 is 0 Å². The highest BCUT2D eigenvalue weighted by Gasteiger charge is 2.31. The van der Waals surface area contributed by atoms with Crippen LogP contribution in [0.2, 0.25) is 0 Å². The standard InChI is InChI=1S/C14H16O3/c1-2-6-14(15)16-10-12-9-13(17-12)11-7-4-3-5-8-11/h2-8,12-13H,9-10H2,1H3. The fourth-order valence-electron chi connectivity index (χ4n) is 1.81. The van der Waals surface area contributed by atoms with E-state index in [1.165, 1.54) is 11.6 Å². The molecule has 3 nitrogen and oxygen atoms in total. The normalized spacial score (nSPS) is 23.4. The van der Waals surface area contributed by atoms with Crippen molar-refractivity contribution in [2.75, 3.05) is 6.61 Å². The molecule has 0 N–H and O–H groups in total. The third kappa shape index (κ3) is 3.17. The predicted molar refractivity (Wildman–Crippen MR) is 64.4 cm³/mol. The Hall–Kier alpha value is -1.61. The van der Waals surface area contributed by atoms with E-state index in [1.807, 2.05) is 30.3 Å². The molecule has 1 aromatic rings. The van der Waals surface area contributed by atoms with Crippen molar-refractivity contribution in [3.05, 3.63) is 48.0 Å². The quantitative estimate of drug-likeness (QED) is 0.591. The zero-order chi connectivity index (χ0) is 12.1. The summed E-state index contributed by atoms with van der Waals surface area (Å²) < 4.78 is 10.7. The molecule has 2 rings (SSSR count). The summed E-state index contributed by atoms with van der Waals surface area (Å²) in [5.74, 6) is -0.306. The van der Waals surface area contributed by atoms with Crippen LogP contribution in [-0.4, -0.2) is 18.7 Å². The Morgan fingerprint density at radius 3 is 2.82 bits per heavy atom. The van der Waals surface area contributed by atoms with Gasteiger partial charge in [0, 0.05) is 12.5 Å².